The average molecular weight is 274 g/mol. The van der Waals surface area contributed by atoms with Crippen LogP contribution in [0.15, 0.2) is 15.9 Å². The van der Waals surface area contributed by atoms with Crippen LogP contribution in [0.2, 0.25) is 0 Å². The Morgan fingerprint density at radius 2 is 2.29 bits per heavy atom. The summed E-state index contributed by atoms with van der Waals surface area (Å²) in [6, 6.07) is 1.97. The highest BCUT2D eigenvalue weighted by molar-refractivity contribution is 9.10. The van der Waals surface area contributed by atoms with Crippen LogP contribution < -0.4 is 0 Å². The number of halogens is 1. The zero-order valence-corrected chi connectivity index (χ0v) is 9.73. The summed E-state index contributed by atoms with van der Waals surface area (Å²) in [7, 11) is 0. The Hall–Kier alpha value is -0.680. The molecule has 0 aromatic carbocycles. The van der Waals surface area contributed by atoms with Crippen LogP contribution in [0, 0.1) is 0 Å². The van der Waals surface area contributed by atoms with Crippen LogP contribution in [0.25, 0.3) is 0 Å². The van der Waals surface area contributed by atoms with Crippen LogP contribution in [-0.2, 0) is 16.1 Å². The summed E-state index contributed by atoms with van der Waals surface area (Å²) in [5, 5.41) is 1.97. The highest BCUT2D eigenvalue weighted by Crippen LogP contribution is 2.22. The fourth-order valence-electron chi connectivity index (χ4n) is 1.40. The van der Waals surface area contributed by atoms with Crippen LogP contribution in [-0.4, -0.2) is 23.1 Å². The normalized spacial score (nSPS) is 16.8. The predicted octanol–water partition coefficient (Wildman–Crippen LogP) is 1.81. The molecule has 14 heavy (non-hydrogen) atoms. The van der Waals surface area contributed by atoms with Crippen molar-refractivity contribution in [3.05, 3.63) is 20.8 Å². The second-order valence-corrected chi connectivity index (χ2v) is 5.04. The molecule has 2 heterocycles. The van der Waals surface area contributed by atoms with Gasteiger partial charge < -0.3 is 4.90 Å². The Morgan fingerprint density at radius 3 is 2.79 bits per heavy atom. The lowest BCUT2D eigenvalue weighted by molar-refractivity contribution is -0.140. The van der Waals surface area contributed by atoms with Gasteiger partial charge in [0, 0.05) is 27.7 Å². The third-order valence-electron chi connectivity index (χ3n) is 2.10. The van der Waals surface area contributed by atoms with E-state index in [1.54, 1.807) is 16.2 Å². The predicted molar refractivity (Wildman–Crippen MR) is 57.1 cm³/mol. The molecule has 0 saturated carbocycles. The summed E-state index contributed by atoms with van der Waals surface area (Å²) in [6.07, 6.45) is 0.366. The smallest absolute Gasteiger partial charge is 0.290 e. The van der Waals surface area contributed by atoms with E-state index in [4.69, 9.17) is 0 Å². The SMILES string of the molecule is O=C1CCN(Cc2cc(Br)cs2)C1=O. The fraction of sp³-hybridized carbons (Fsp3) is 0.333. The first kappa shape index (κ1) is 9.86. The van der Waals surface area contributed by atoms with E-state index < -0.39 is 0 Å². The molecular formula is C9H8BrNO2S. The highest BCUT2D eigenvalue weighted by atomic mass is 79.9. The molecule has 0 unspecified atom stereocenters. The van der Waals surface area contributed by atoms with Crippen LogP contribution in [0.1, 0.15) is 11.3 Å². The van der Waals surface area contributed by atoms with E-state index in [2.05, 4.69) is 15.9 Å². The van der Waals surface area contributed by atoms with Gasteiger partial charge in [0.05, 0.1) is 6.54 Å². The molecule has 3 nitrogen and oxygen atoms in total. The fourth-order valence-corrected chi connectivity index (χ4v) is 2.86. The topological polar surface area (TPSA) is 37.4 Å². The largest absolute Gasteiger partial charge is 0.331 e. The number of ketones is 1. The summed E-state index contributed by atoms with van der Waals surface area (Å²) >= 11 is 4.94. The second-order valence-electron chi connectivity index (χ2n) is 3.13. The van der Waals surface area contributed by atoms with Gasteiger partial charge in [0.15, 0.2) is 0 Å². The van der Waals surface area contributed by atoms with Crippen molar-refractivity contribution < 1.29 is 9.59 Å². The molecule has 2 rings (SSSR count). The number of rotatable bonds is 2. The molecule has 0 N–H and O–H groups in total. The van der Waals surface area contributed by atoms with Gasteiger partial charge >= 0.3 is 0 Å². The molecule has 0 atom stereocenters. The number of hydrogen-bond donors (Lipinski definition) is 0. The van der Waals surface area contributed by atoms with Crippen molar-refractivity contribution in [2.24, 2.45) is 0 Å². The van der Waals surface area contributed by atoms with Gasteiger partial charge in [-0.05, 0) is 22.0 Å². The third kappa shape index (κ3) is 1.88. The lowest BCUT2D eigenvalue weighted by Crippen LogP contribution is -2.26. The van der Waals surface area contributed by atoms with Crippen molar-refractivity contribution in [1.82, 2.24) is 4.90 Å². The number of Topliss-reactive ketones (excluding diaryl/α,β-unsaturated/α-hetero) is 1. The van der Waals surface area contributed by atoms with E-state index in [1.807, 2.05) is 11.4 Å². The minimum atomic E-state index is -0.338. The number of likely N-dealkylation sites (tertiary alicyclic amines) is 1. The summed E-state index contributed by atoms with van der Waals surface area (Å²) in [4.78, 5) is 25.0. The number of amides is 1. The van der Waals surface area contributed by atoms with Gasteiger partial charge in [-0.1, -0.05) is 0 Å². The minimum absolute atomic E-state index is 0.263. The van der Waals surface area contributed by atoms with Crippen LogP contribution >= 0.6 is 27.3 Å². The Labute approximate surface area is 93.8 Å². The highest BCUT2D eigenvalue weighted by Gasteiger charge is 2.29. The first-order valence-corrected chi connectivity index (χ1v) is 5.89. The van der Waals surface area contributed by atoms with Gasteiger partial charge in [-0.25, -0.2) is 0 Å². The van der Waals surface area contributed by atoms with Gasteiger partial charge in [-0.15, -0.1) is 11.3 Å². The molecule has 1 amide bonds. The van der Waals surface area contributed by atoms with Crippen LogP contribution in [0.5, 0.6) is 0 Å². The number of carbonyl (C=O) groups excluding carboxylic acids is 2. The summed E-state index contributed by atoms with van der Waals surface area (Å²) < 4.78 is 1.02. The number of hydrogen-bond acceptors (Lipinski definition) is 3. The third-order valence-corrected chi connectivity index (χ3v) is 3.79. The summed E-state index contributed by atoms with van der Waals surface area (Å²) in [6.45, 7) is 1.12. The van der Waals surface area contributed by atoms with Crippen molar-refractivity contribution >= 4 is 39.0 Å². The van der Waals surface area contributed by atoms with Crippen molar-refractivity contribution in [3.63, 3.8) is 0 Å². The average Bonchev–Trinajstić information content (AvgIpc) is 2.67. The van der Waals surface area contributed by atoms with Gasteiger partial charge in [-0.2, -0.15) is 0 Å². The molecule has 1 fully saturated rings. The van der Waals surface area contributed by atoms with E-state index in [0.29, 0.717) is 19.5 Å². The number of nitrogens with zero attached hydrogens (tertiary/aromatic N) is 1. The van der Waals surface area contributed by atoms with Gasteiger partial charge in [0.1, 0.15) is 0 Å². The number of carbonyl (C=O) groups is 2. The molecule has 1 aromatic rings. The molecule has 1 aromatic heterocycles. The lowest BCUT2D eigenvalue weighted by Gasteiger charge is -2.12. The van der Waals surface area contributed by atoms with E-state index in [-0.39, 0.29) is 11.7 Å². The van der Waals surface area contributed by atoms with Gasteiger partial charge in [0.2, 0.25) is 5.78 Å². The monoisotopic (exact) mass is 273 g/mol. The van der Waals surface area contributed by atoms with E-state index >= 15 is 0 Å². The Bertz CT molecular complexity index is 388. The minimum Gasteiger partial charge on any atom is -0.331 e. The van der Waals surface area contributed by atoms with Crippen LogP contribution in [0.3, 0.4) is 0 Å². The molecule has 0 bridgehead atoms. The Balaban J connectivity index is 2.05. The Kier molecular flexibility index (Phi) is 2.69. The molecule has 0 spiro atoms. The molecule has 5 heteroatoms. The van der Waals surface area contributed by atoms with E-state index in [0.717, 1.165) is 9.35 Å². The second kappa shape index (κ2) is 3.82. The van der Waals surface area contributed by atoms with E-state index in [9.17, 15) is 9.59 Å². The van der Waals surface area contributed by atoms with Crippen molar-refractivity contribution in [2.45, 2.75) is 13.0 Å². The van der Waals surface area contributed by atoms with Gasteiger partial charge in [-0.3, -0.25) is 9.59 Å². The lowest BCUT2D eigenvalue weighted by atomic mass is 10.3. The molecule has 0 radical (unpaired) electrons. The molecule has 0 aliphatic carbocycles. The zero-order valence-electron chi connectivity index (χ0n) is 7.33. The van der Waals surface area contributed by atoms with Gasteiger partial charge in [0.25, 0.3) is 5.91 Å². The summed E-state index contributed by atoms with van der Waals surface area (Å²) in [5.74, 6) is -0.602. The van der Waals surface area contributed by atoms with E-state index in [1.165, 1.54) is 0 Å². The molecular weight excluding hydrogens is 266 g/mol. The maximum atomic E-state index is 11.3. The zero-order chi connectivity index (χ0) is 10.1. The molecule has 1 aliphatic heterocycles. The molecule has 1 saturated heterocycles. The maximum Gasteiger partial charge on any atom is 0.290 e. The summed E-state index contributed by atoms with van der Waals surface area (Å²) in [5.41, 5.74) is 0. The van der Waals surface area contributed by atoms with Crippen LogP contribution in [0.4, 0.5) is 0 Å². The van der Waals surface area contributed by atoms with Crippen molar-refractivity contribution in [2.75, 3.05) is 6.54 Å². The maximum absolute atomic E-state index is 11.3. The number of thiophene rings is 1. The Morgan fingerprint density at radius 1 is 1.50 bits per heavy atom. The molecule has 1 aliphatic rings. The molecule has 74 valence electrons. The van der Waals surface area contributed by atoms with Crippen molar-refractivity contribution in [1.29, 1.82) is 0 Å². The first-order valence-electron chi connectivity index (χ1n) is 4.22. The standard InChI is InChI=1S/C9H8BrNO2S/c10-6-3-7(14-5-6)4-11-2-1-8(12)9(11)13/h3,5H,1-2,4H2. The quantitative estimate of drug-likeness (QED) is 0.771. The van der Waals surface area contributed by atoms with Crippen molar-refractivity contribution in [3.8, 4) is 0 Å². The first-order chi connectivity index (χ1) is 6.66.